The number of amides is 2. The number of hydrogen-bond acceptors (Lipinski definition) is 5. The first-order valence-electron chi connectivity index (χ1n) is 7.51. The minimum Gasteiger partial charge on any atom is -0.450 e. The third-order valence-corrected chi connectivity index (χ3v) is 3.46. The Labute approximate surface area is 134 Å². The van der Waals surface area contributed by atoms with Gasteiger partial charge in [-0.05, 0) is 19.1 Å². The molecule has 0 aliphatic carbocycles. The van der Waals surface area contributed by atoms with Gasteiger partial charge in [-0.2, -0.15) is 0 Å². The van der Waals surface area contributed by atoms with Crippen LogP contribution in [0.1, 0.15) is 24.2 Å². The first-order valence-corrected chi connectivity index (χ1v) is 7.51. The van der Waals surface area contributed by atoms with Gasteiger partial charge in [-0.25, -0.2) is 4.79 Å². The molecule has 1 aliphatic heterocycles. The van der Waals surface area contributed by atoms with E-state index in [-0.39, 0.29) is 17.7 Å². The van der Waals surface area contributed by atoms with E-state index in [2.05, 4.69) is 0 Å². The highest BCUT2D eigenvalue weighted by atomic mass is 16.6. The molecule has 7 nitrogen and oxygen atoms in total. The van der Waals surface area contributed by atoms with Crippen LogP contribution in [0.15, 0.2) is 24.3 Å². The van der Waals surface area contributed by atoms with Crippen LogP contribution in [-0.2, 0) is 9.53 Å². The smallest absolute Gasteiger partial charge is 0.409 e. The second-order valence-electron chi connectivity index (χ2n) is 5.07. The number of rotatable bonds is 3. The van der Waals surface area contributed by atoms with Gasteiger partial charge >= 0.3 is 12.1 Å². The van der Waals surface area contributed by atoms with E-state index >= 15 is 0 Å². The highest BCUT2D eigenvalue weighted by Gasteiger charge is 2.27. The van der Waals surface area contributed by atoms with Gasteiger partial charge in [-0.15, -0.1) is 0 Å². The molecule has 1 aromatic rings. The number of carbonyl (C=O) groups excluding carboxylic acids is 3. The molecule has 1 fully saturated rings. The number of hydrogen-bond donors (Lipinski definition) is 0. The Kier molecular flexibility index (Phi) is 5.56. The molecule has 2 rings (SSSR count). The van der Waals surface area contributed by atoms with E-state index in [1.54, 1.807) is 41.0 Å². The summed E-state index contributed by atoms with van der Waals surface area (Å²) in [5.74, 6) is -0.444. The summed E-state index contributed by atoms with van der Waals surface area (Å²) in [7, 11) is 0. The van der Waals surface area contributed by atoms with Crippen LogP contribution in [0.25, 0.3) is 0 Å². The number of piperazine rings is 1. The molecular weight excluding hydrogens is 300 g/mol. The minimum absolute atomic E-state index is 0.217. The number of ether oxygens (including phenoxy) is 2. The molecule has 0 atom stereocenters. The largest absolute Gasteiger partial charge is 0.450 e. The van der Waals surface area contributed by atoms with Crippen molar-refractivity contribution in [3.05, 3.63) is 29.8 Å². The highest BCUT2D eigenvalue weighted by Crippen LogP contribution is 2.21. The lowest BCUT2D eigenvalue weighted by Gasteiger charge is -2.34. The van der Waals surface area contributed by atoms with E-state index in [0.29, 0.717) is 38.3 Å². The third kappa shape index (κ3) is 4.21. The molecule has 1 aliphatic rings. The molecule has 0 aromatic heterocycles. The van der Waals surface area contributed by atoms with Gasteiger partial charge in [-0.3, -0.25) is 9.59 Å². The molecule has 1 aromatic carbocycles. The molecule has 1 saturated heterocycles. The number of carbonyl (C=O) groups is 3. The van der Waals surface area contributed by atoms with Gasteiger partial charge < -0.3 is 19.3 Å². The summed E-state index contributed by atoms with van der Waals surface area (Å²) < 4.78 is 10.0. The maximum absolute atomic E-state index is 12.6. The number of benzene rings is 1. The van der Waals surface area contributed by atoms with Gasteiger partial charge in [0.1, 0.15) is 5.75 Å². The first kappa shape index (κ1) is 16.8. The molecular formula is C16H20N2O5. The van der Waals surface area contributed by atoms with Crippen LogP contribution in [-0.4, -0.2) is 60.6 Å². The van der Waals surface area contributed by atoms with Crippen molar-refractivity contribution in [2.75, 3.05) is 32.8 Å². The number of para-hydroxylation sites is 1. The Morgan fingerprint density at radius 2 is 1.65 bits per heavy atom. The van der Waals surface area contributed by atoms with Crippen molar-refractivity contribution in [1.29, 1.82) is 0 Å². The predicted octanol–water partition coefficient (Wildman–Crippen LogP) is 1.53. The summed E-state index contributed by atoms with van der Waals surface area (Å²) in [6, 6.07) is 6.63. The summed E-state index contributed by atoms with van der Waals surface area (Å²) in [4.78, 5) is 38.6. The second-order valence-corrected chi connectivity index (χ2v) is 5.07. The maximum atomic E-state index is 12.6. The standard InChI is InChI=1S/C16H20N2O5/c1-3-22-16(21)18-10-8-17(9-11-18)15(20)13-6-4-5-7-14(13)23-12(2)19/h4-7H,3,8-11H2,1-2H3. The summed E-state index contributed by atoms with van der Waals surface area (Å²) >= 11 is 0. The van der Waals surface area contributed by atoms with Crippen molar-refractivity contribution in [2.24, 2.45) is 0 Å². The zero-order valence-corrected chi connectivity index (χ0v) is 13.3. The second kappa shape index (κ2) is 7.62. The van der Waals surface area contributed by atoms with E-state index in [1.165, 1.54) is 6.92 Å². The van der Waals surface area contributed by atoms with Crippen LogP contribution < -0.4 is 4.74 Å². The fourth-order valence-corrected chi connectivity index (χ4v) is 2.36. The van der Waals surface area contributed by atoms with Gasteiger partial charge in [0.25, 0.3) is 5.91 Å². The lowest BCUT2D eigenvalue weighted by atomic mass is 10.1. The summed E-state index contributed by atoms with van der Waals surface area (Å²) in [5.41, 5.74) is 0.340. The number of nitrogens with zero attached hydrogens (tertiary/aromatic N) is 2. The normalized spacial score (nSPS) is 14.3. The highest BCUT2D eigenvalue weighted by molar-refractivity contribution is 5.97. The Morgan fingerprint density at radius 1 is 1.04 bits per heavy atom. The van der Waals surface area contributed by atoms with Crippen molar-refractivity contribution in [2.45, 2.75) is 13.8 Å². The molecule has 0 radical (unpaired) electrons. The van der Waals surface area contributed by atoms with Crippen LogP contribution in [0.2, 0.25) is 0 Å². The van der Waals surface area contributed by atoms with Crippen LogP contribution in [0.3, 0.4) is 0 Å². The van der Waals surface area contributed by atoms with Gasteiger partial charge in [0, 0.05) is 33.1 Å². The fourth-order valence-electron chi connectivity index (χ4n) is 2.36. The number of esters is 1. The third-order valence-electron chi connectivity index (χ3n) is 3.46. The zero-order valence-electron chi connectivity index (χ0n) is 13.3. The van der Waals surface area contributed by atoms with Crippen molar-refractivity contribution >= 4 is 18.0 Å². The molecule has 1 heterocycles. The average Bonchev–Trinajstić information content (AvgIpc) is 2.54. The lowest BCUT2D eigenvalue weighted by Crippen LogP contribution is -2.50. The molecule has 0 spiro atoms. The van der Waals surface area contributed by atoms with Crippen LogP contribution in [0, 0.1) is 0 Å². The molecule has 0 unspecified atom stereocenters. The van der Waals surface area contributed by atoms with Gasteiger partial charge in [0.05, 0.1) is 12.2 Å². The van der Waals surface area contributed by atoms with Crippen LogP contribution in [0.4, 0.5) is 4.79 Å². The summed E-state index contributed by atoms with van der Waals surface area (Å²) in [6.07, 6.45) is -0.361. The van der Waals surface area contributed by atoms with E-state index in [0.717, 1.165) is 0 Å². The Balaban J connectivity index is 2.03. The van der Waals surface area contributed by atoms with Crippen molar-refractivity contribution in [3.8, 4) is 5.75 Å². The van der Waals surface area contributed by atoms with E-state index in [9.17, 15) is 14.4 Å². The predicted molar refractivity (Wildman–Crippen MR) is 82.2 cm³/mol. The van der Waals surface area contributed by atoms with Gasteiger partial charge in [-0.1, -0.05) is 12.1 Å². The molecule has 0 saturated carbocycles. The monoisotopic (exact) mass is 320 g/mol. The summed E-state index contributed by atoms with van der Waals surface area (Å²) in [6.45, 7) is 5.02. The van der Waals surface area contributed by atoms with Gasteiger partial charge in [0.15, 0.2) is 0 Å². The van der Waals surface area contributed by atoms with Gasteiger partial charge in [0.2, 0.25) is 0 Å². The topological polar surface area (TPSA) is 76.2 Å². The van der Waals surface area contributed by atoms with Crippen molar-refractivity contribution < 1.29 is 23.9 Å². The Hall–Kier alpha value is -2.57. The zero-order chi connectivity index (χ0) is 16.8. The molecule has 124 valence electrons. The molecule has 0 N–H and O–H groups in total. The molecule has 0 bridgehead atoms. The van der Waals surface area contributed by atoms with Crippen LogP contribution in [0.5, 0.6) is 5.75 Å². The Bertz CT molecular complexity index is 594. The van der Waals surface area contributed by atoms with Crippen molar-refractivity contribution in [3.63, 3.8) is 0 Å². The average molecular weight is 320 g/mol. The molecule has 23 heavy (non-hydrogen) atoms. The maximum Gasteiger partial charge on any atom is 0.409 e. The van der Waals surface area contributed by atoms with Crippen LogP contribution >= 0.6 is 0 Å². The first-order chi connectivity index (χ1) is 11.0. The SMILES string of the molecule is CCOC(=O)N1CCN(C(=O)c2ccccc2OC(C)=O)CC1. The fraction of sp³-hybridized carbons (Fsp3) is 0.438. The van der Waals surface area contributed by atoms with E-state index < -0.39 is 5.97 Å². The minimum atomic E-state index is -0.475. The molecule has 2 amide bonds. The van der Waals surface area contributed by atoms with Crippen molar-refractivity contribution in [1.82, 2.24) is 9.80 Å². The lowest BCUT2D eigenvalue weighted by molar-refractivity contribution is -0.131. The summed E-state index contributed by atoms with van der Waals surface area (Å²) in [5, 5.41) is 0. The quantitative estimate of drug-likeness (QED) is 0.623. The molecule has 7 heteroatoms. The van der Waals surface area contributed by atoms with E-state index in [1.807, 2.05) is 0 Å². The Morgan fingerprint density at radius 3 is 2.26 bits per heavy atom. The van der Waals surface area contributed by atoms with E-state index in [4.69, 9.17) is 9.47 Å².